The minimum Gasteiger partial charge on any atom is -0.497 e. The zero-order valence-electron chi connectivity index (χ0n) is 15.3. The van der Waals surface area contributed by atoms with Crippen LogP contribution in [0.4, 0.5) is 0 Å². The Bertz CT molecular complexity index is 1060. The Labute approximate surface area is 160 Å². The standard InChI is InChI=1S/C20H20N4O4/c1-28-14-7-4-6-13(12-14)18(25)21-10-5-11-22-20(27)17-23-16-9-3-2-8-15(16)19(26)24-17/h2-4,6-9,12H,5,10-11H2,1H3,(H,21,25)(H,22,27)(H,23,24,26). The molecule has 0 saturated carbocycles. The molecule has 1 aromatic heterocycles. The van der Waals surface area contributed by atoms with Crippen LogP contribution in [0.1, 0.15) is 27.4 Å². The van der Waals surface area contributed by atoms with Gasteiger partial charge in [0.25, 0.3) is 17.4 Å². The van der Waals surface area contributed by atoms with Crippen molar-refractivity contribution >= 4 is 22.7 Å². The molecule has 1 heterocycles. The van der Waals surface area contributed by atoms with Crippen LogP contribution in [-0.2, 0) is 0 Å². The van der Waals surface area contributed by atoms with Crippen LogP contribution in [0.15, 0.2) is 53.3 Å². The molecule has 8 nitrogen and oxygen atoms in total. The maximum atomic E-state index is 12.2. The van der Waals surface area contributed by atoms with Gasteiger partial charge in [0, 0.05) is 18.7 Å². The van der Waals surface area contributed by atoms with Gasteiger partial charge in [-0.05, 0) is 36.8 Å². The molecule has 0 saturated heterocycles. The quantitative estimate of drug-likeness (QED) is 0.538. The van der Waals surface area contributed by atoms with Gasteiger partial charge < -0.3 is 20.4 Å². The van der Waals surface area contributed by atoms with E-state index in [9.17, 15) is 14.4 Å². The molecule has 3 rings (SSSR count). The molecule has 0 aliphatic rings. The number of benzene rings is 2. The molecule has 0 aliphatic carbocycles. The molecule has 0 fully saturated rings. The highest BCUT2D eigenvalue weighted by Crippen LogP contribution is 2.12. The number of H-pyrrole nitrogens is 1. The first kappa shape index (κ1) is 19.1. The summed E-state index contributed by atoms with van der Waals surface area (Å²) in [5.41, 5.74) is 0.601. The summed E-state index contributed by atoms with van der Waals surface area (Å²) >= 11 is 0. The van der Waals surface area contributed by atoms with Gasteiger partial charge >= 0.3 is 0 Å². The highest BCUT2D eigenvalue weighted by atomic mass is 16.5. The number of hydrogen-bond donors (Lipinski definition) is 3. The molecular formula is C20H20N4O4. The van der Waals surface area contributed by atoms with Gasteiger partial charge in [-0.15, -0.1) is 0 Å². The van der Waals surface area contributed by atoms with Gasteiger partial charge in [0.05, 0.1) is 18.0 Å². The van der Waals surface area contributed by atoms with E-state index in [-0.39, 0.29) is 17.3 Å². The van der Waals surface area contributed by atoms with Gasteiger partial charge in [-0.3, -0.25) is 14.4 Å². The average Bonchev–Trinajstić information content (AvgIpc) is 2.73. The Morgan fingerprint density at radius 3 is 2.57 bits per heavy atom. The molecular weight excluding hydrogens is 360 g/mol. The van der Waals surface area contributed by atoms with E-state index in [0.29, 0.717) is 41.7 Å². The third kappa shape index (κ3) is 4.53. The van der Waals surface area contributed by atoms with Crippen LogP contribution in [0.25, 0.3) is 10.9 Å². The van der Waals surface area contributed by atoms with Gasteiger partial charge in [-0.2, -0.15) is 0 Å². The molecule has 0 unspecified atom stereocenters. The predicted octanol–water partition coefficient (Wildman–Crippen LogP) is 1.48. The molecule has 0 bridgehead atoms. The van der Waals surface area contributed by atoms with Gasteiger partial charge in [0.2, 0.25) is 0 Å². The summed E-state index contributed by atoms with van der Waals surface area (Å²) in [6.07, 6.45) is 0.527. The summed E-state index contributed by atoms with van der Waals surface area (Å²) in [6, 6.07) is 13.7. The molecule has 0 radical (unpaired) electrons. The number of carbonyl (C=O) groups is 2. The van der Waals surface area contributed by atoms with E-state index in [1.165, 1.54) is 7.11 Å². The van der Waals surface area contributed by atoms with Crippen molar-refractivity contribution in [2.75, 3.05) is 20.2 Å². The molecule has 0 spiro atoms. The van der Waals surface area contributed by atoms with Crippen LogP contribution < -0.4 is 20.9 Å². The third-order valence-electron chi connectivity index (χ3n) is 4.08. The summed E-state index contributed by atoms with van der Waals surface area (Å²) in [6.45, 7) is 0.714. The minimum atomic E-state index is -0.470. The molecule has 0 aliphatic heterocycles. The predicted molar refractivity (Wildman–Crippen MR) is 105 cm³/mol. The number of aromatic nitrogens is 2. The minimum absolute atomic E-state index is 0.0379. The van der Waals surface area contributed by atoms with Crippen LogP contribution in [0.3, 0.4) is 0 Å². The number of nitrogens with one attached hydrogen (secondary N) is 3. The summed E-state index contributed by atoms with van der Waals surface area (Å²) in [5, 5.41) is 5.89. The van der Waals surface area contributed by atoms with Gasteiger partial charge in [0.15, 0.2) is 5.82 Å². The van der Waals surface area contributed by atoms with Crippen molar-refractivity contribution in [1.82, 2.24) is 20.6 Å². The zero-order valence-corrected chi connectivity index (χ0v) is 15.3. The second kappa shape index (κ2) is 8.81. The summed E-state index contributed by atoms with van der Waals surface area (Å²) in [4.78, 5) is 42.9. The van der Waals surface area contributed by atoms with Crippen LogP contribution in [-0.4, -0.2) is 42.0 Å². The van der Waals surface area contributed by atoms with E-state index >= 15 is 0 Å². The Morgan fingerprint density at radius 1 is 1.04 bits per heavy atom. The summed E-state index contributed by atoms with van der Waals surface area (Å²) in [5.74, 6) is -0.117. The maximum Gasteiger partial charge on any atom is 0.287 e. The first-order valence-electron chi connectivity index (χ1n) is 8.78. The molecule has 8 heteroatoms. The number of ether oxygens (including phenoxy) is 1. The highest BCUT2D eigenvalue weighted by molar-refractivity contribution is 5.94. The van der Waals surface area contributed by atoms with E-state index < -0.39 is 5.91 Å². The zero-order chi connectivity index (χ0) is 19.9. The lowest BCUT2D eigenvalue weighted by Gasteiger charge is -2.08. The Kier molecular flexibility index (Phi) is 6.01. The molecule has 2 amide bonds. The molecule has 3 aromatic rings. The second-order valence-electron chi connectivity index (χ2n) is 6.03. The topological polar surface area (TPSA) is 113 Å². The van der Waals surface area contributed by atoms with Crippen molar-refractivity contribution in [3.63, 3.8) is 0 Å². The van der Waals surface area contributed by atoms with E-state index in [2.05, 4.69) is 20.6 Å². The van der Waals surface area contributed by atoms with Crippen LogP contribution in [0.2, 0.25) is 0 Å². The van der Waals surface area contributed by atoms with Crippen molar-refractivity contribution in [3.8, 4) is 5.75 Å². The van der Waals surface area contributed by atoms with Crippen molar-refractivity contribution in [2.24, 2.45) is 0 Å². The number of fused-ring (bicyclic) bond motifs is 1. The number of methoxy groups -OCH3 is 1. The fourth-order valence-electron chi connectivity index (χ4n) is 2.64. The molecule has 3 N–H and O–H groups in total. The normalized spacial score (nSPS) is 10.5. The van der Waals surface area contributed by atoms with E-state index in [1.54, 1.807) is 48.5 Å². The fourth-order valence-corrected chi connectivity index (χ4v) is 2.64. The smallest absolute Gasteiger partial charge is 0.287 e. The number of carbonyl (C=O) groups excluding carboxylic acids is 2. The molecule has 28 heavy (non-hydrogen) atoms. The van der Waals surface area contributed by atoms with E-state index in [0.717, 1.165) is 0 Å². The Hall–Kier alpha value is -3.68. The number of hydrogen-bond acceptors (Lipinski definition) is 5. The highest BCUT2D eigenvalue weighted by Gasteiger charge is 2.11. The molecule has 2 aromatic carbocycles. The summed E-state index contributed by atoms with van der Waals surface area (Å²) in [7, 11) is 1.54. The third-order valence-corrected chi connectivity index (χ3v) is 4.08. The first-order chi connectivity index (χ1) is 13.6. The van der Waals surface area contributed by atoms with Crippen molar-refractivity contribution in [1.29, 1.82) is 0 Å². The van der Waals surface area contributed by atoms with E-state index in [1.807, 2.05) is 0 Å². The first-order valence-corrected chi connectivity index (χ1v) is 8.78. The van der Waals surface area contributed by atoms with E-state index in [4.69, 9.17) is 4.74 Å². The molecule has 144 valence electrons. The number of para-hydroxylation sites is 1. The second-order valence-corrected chi connectivity index (χ2v) is 6.03. The Morgan fingerprint density at radius 2 is 1.79 bits per heavy atom. The van der Waals surface area contributed by atoms with Crippen molar-refractivity contribution in [3.05, 3.63) is 70.3 Å². The number of aromatic amines is 1. The van der Waals surface area contributed by atoms with Crippen LogP contribution in [0, 0.1) is 0 Å². The largest absolute Gasteiger partial charge is 0.497 e. The Balaban J connectivity index is 1.48. The lowest BCUT2D eigenvalue weighted by atomic mass is 10.2. The monoisotopic (exact) mass is 380 g/mol. The number of nitrogens with zero attached hydrogens (tertiary/aromatic N) is 1. The van der Waals surface area contributed by atoms with Crippen LogP contribution >= 0.6 is 0 Å². The lowest BCUT2D eigenvalue weighted by molar-refractivity contribution is 0.0942. The SMILES string of the molecule is COc1cccc(C(=O)NCCCNC(=O)c2nc3ccccc3c(=O)[nH]2)c1. The lowest BCUT2D eigenvalue weighted by Crippen LogP contribution is -2.31. The number of amides is 2. The molecule has 0 atom stereocenters. The van der Waals surface area contributed by atoms with Crippen molar-refractivity contribution in [2.45, 2.75) is 6.42 Å². The van der Waals surface area contributed by atoms with Gasteiger partial charge in [0.1, 0.15) is 5.75 Å². The fraction of sp³-hybridized carbons (Fsp3) is 0.200. The average molecular weight is 380 g/mol. The van der Waals surface area contributed by atoms with Crippen molar-refractivity contribution < 1.29 is 14.3 Å². The number of rotatable bonds is 7. The van der Waals surface area contributed by atoms with Crippen LogP contribution in [0.5, 0.6) is 5.75 Å². The van der Waals surface area contributed by atoms with Gasteiger partial charge in [-0.1, -0.05) is 18.2 Å². The maximum absolute atomic E-state index is 12.2. The summed E-state index contributed by atoms with van der Waals surface area (Å²) < 4.78 is 5.09. The van der Waals surface area contributed by atoms with Gasteiger partial charge in [-0.25, -0.2) is 4.98 Å².